The van der Waals surface area contributed by atoms with Crippen molar-refractivity contribution in [3.8, 4) is 0 Å². The van der Waals surface area contributed by atoms with Gasteiger partial charge in [-0.25, -0.2) is 9.59 Å². The summed E-state index contributed by atoms with van der Waals surface area (Å²) in [6.07, 6.45) is -4.99. The number of hydrogen-bond donors (Lipinski definition) is 3. The standard InChI is InChI=1S/C22H23F3N4O4/c23-22(24,25)14-33-21(32)29-12-10-15(11-13-29)19(30)26-17-6-8-18(9-7-17)28-20(31)27-16-4-2-1-3-5-16/h1-9,15H,10-14H2,(H,26,30)(H2,27,28,31). The van der Waals surface area contributed by atoms with Crippen LogP contribution in [0.25, 0.3) is 0 Å². The van der Waals surface area contributed by atoms with Crippen LogP contribution in [-0.2, 0) is 9.53 Å². The summed E-state index contributed by atoms with van der Waals surface area (Å²) in [5, 5.41) is 8.15. The minimum atomic E-state index is -4.58. The molecule has 0 aliphatic carbocycles. The molecule has 0 saturated carbocycles. The van der Waals surface area contributed by atoms with E-state index in [1.165, 1.54) is 0 Å². The van der Waals surface area contributed by atoms with Crippen molar-refractivity contribution >= 4 is 35.1 Å². The fourth-order valence-corrected chi connectivity index (χ4v) is 3.26. The van der Waals surface area contributed by atoms with E-state index in [4.69, 9.17) is 0 Å². The number of carbonyl (C=O) groups excluding carboxylic acids is 3. The van der Waals surface area contributed by atoms with Crippen molar-refractivity contribution in [1.82, 2.24) is 4.90 Å². The molecular formula is C22H23F3N4O4. The number of likely N-dealkylation sites (tertiary alicyclic amines) is 1. The van der Waals surface area contributed by atoms with Gasteiger partial charge in [-0.15, -0.1) is 0 Å². The summed E-state index contributed by atoms with van der Waals surface area (Å²) in [7, 11) is 0. The smallest absolute Gasteiger partial charge is 0.422 e. The van der Waals surface area contributed by atoms with Crippen LogP contribution >= 0.6 is 0 Å². The molecule has 1 fully saturated rings. The maximum absolute atomic E-state index is 12.5. The molecule has 0 aromatic heterocycles. The van der Waals surface area contributed by atoms with Crippen LogP contribution in [0.15, 0.2) is 54.6 Å². The molecule has 0 unspecified atom stereocenters. The third-order valence-electron chi connectivity index (χ3n) is 4.93. The van der Waals surface area contributed by atoms with E-state index in [9.17, 15) is 27.6 Å². The van der Waals surface area contributed by atoms with E-state index in [0.717, 1.165) is 4.90 Å². The van der Waals surface area contributed by atoms with E-state index in [1.807, 2.05) is 6.07 Å². The van der Waals surface area contributed by atoms with E-state index in [-0.39, 0.29) is 24.9 Å². The van der Waals surface area contributed by atoms with Gasteiger partial charge in [-0.1, -0.05) is 18.2 Å². The first-order valence-electron chi connectivity index (χ1n) is 10.2. The maximum Gasteiger partial charge on any atom is 0.422 e. The number of hydrogen-bond acceptors (Lipinski definition) is 4. The van der Waals surface area contributed by atoms with Gasteiger partial charge in [-0.2, -0.15) is 13.2 Å². The Labute approximate surface area is 188 Å². The lowest BCUT2D eigenvalue weighted by Crippen LogP contribution is -2.42. The number of anilines is 3. The van der Waals surface area contributed by atoms with Crippen LogP contribution in [0.1, 0.15) is 12.8 Å². The molecule has 3 N–H and O–H groups in total. The Morgan fingerprint density at radius 2 is 1.36 bits per heavy atom. The molecule has 0 spiro atoms. The van der Waals surface area contributed by atoms with Crippen LogP contribution in [0.2, 0.25) is 0 Å². The minimum absolute atomic E-state index is 0.133. The van der Waals surface area contributed by atoms with E-state index in [2.05, 4.69) is 20.7 Å². The summed E-state index contributed by atoms with van der Waals surface area (Å²) < 4.78 is 40.7. The molecule has 3 rings (SSSR count). The third kappa shape index (κ3) is 7.70. The highest BCUT2D eigenvalue weighted by Crippen LogP contribution is 2.22. The topological polar surface area (TPSA) is 99.8 Å². The average Bonchev–Trinajstić information content (AvgIpc) is 2.79. The van der Waals surface area contributed by atoms with Crippen molar-refractivity contribution in [1.29, 1.82) is 0 Å². The second kappa shape index (κ2) is 10.7. The van der Waals surface area contributed by atoms with Gasteiger partial charge < -0.3 is 25.6 Å². The lowest BCUT2D eigenvalue weighted by Gasteiger charge is -2.30. The normalized spacial score (nSPS) is 14.3. The number of ether oxygens (including phenoxy) is 1. The lowest BCUT2D eigenvalue weighted by molar-refractivity contribution is -0.162. The fourth-order valence-electron chi connectivity index (χ4n) is 3.26. The highest BCUT2D eigenvalue weighted by molar-refractivity contribution is 6.00. The molecule has 2 aromatic rings. The van der Waals surface area contributed by atoms with Crippen LogP contribution in [0, 0.1) is 5.92 Å². The zero-order valence-electron chi connectivity index (χ0n) is 17.5. The second-order valence-corrected chi connectivity index (χ2v) is 7.44. The van der Waals surface area contributed by atoms with Crippen molar-refractivity contribution in [3.63, 3.8) is 0 Å². The van der Waals surface area contributed by atoms with Gasteiger partial charge in [0.25, 0.3) is 0 Å². The quantitative estimate of drug-likeness (QED) is 0.598. The van der Waals surface area contributed by atoms with Gasteiger partial charge in [0, 0.05) is 36.1 Å². The van der Waals surface area contributed by atoms with Crippen molar-refractivity contribution in [3.05, 3.63) is 54.6 Å². The van der Waals surface area contributed by atoms with Crippen LogP contribution < -0.4 is 16.0 Å². The van der Waals surface area contributed by atoms with Crippen LogP contribution in [0.5, 0.6) is 0 Å². The summed E-state index contributed by atoms with van der Waals surface area (Å²) in [5.74, 6) is -0.632. The predicted molar refractivity (Wildman–Crippen MR) is 116 cm³/mol. The predicted octanol–water partition coefficient (Wildman–Crippen LogP) is 4.68. The van der Waals surface area contributed by atoms with Gasteiger partial charge >= 0.3 is 18.3 Å². The van der Waals surface area contributed by atoms with Crippen LogP contribution in [0.4, 0.5) is 39.8 Å². The monoisotopic (exact) mass is 464 g/mol. The summed E-state index contributed by atoms with van der Waals surface area (Å²) in [6, 6.07) is 15.1. The van der Waals surface area contributed by atoms with Crippen LogP contribution in [0.3, 0.4) is 0 Å². The number of halogens is 3. The fraction of sp³-hybridized carbons (Fsp3) is 0.318. The molecule has 4 amide bonds. The molecule has 1 aliphatic rings. The second-order valence-electron chi connectivity index (χ2n) is 7.44. The van der Waals surface area contributed by atoms with E-state index < -0.39 is 24.9 Å². The van der Waals surface area contributed by atoms with Gasteiger partial charge in [-0.3, -0.25) is 4.79 Å². The first kappa shape index (κ1) is 23.9. The minimum Gasteiger partial charge on any atom is -0.440 e. The number of rotatable bonds is 5. The largest absolute Gasteiger partial charge is 0.440 e. The summed E-state index contributed by atoms with van der Waals surface area (Å²) in [4.78, 5) is 37.4. The molecule has 1 heterocycles. The molecular weight excluding hydrogens is 441 g/mol. The number of piperidine rings is 1. The van der Waals surface area contributed by atoms with Crippen molar-refractivity contribution in [2.75, 3.05) is 35.6 Å². The summed E-state index contributed by atoms with van der Waals surface area (Å²) in [5.41, 5.74) is 1.71. The molecule has 8 nitrogen and oxygen atoms in total. The Morgan fingerprint density at radius 3 is 1.91 bits per heavy atom. The molecule has 2 aromatic carbocycles. The van der Waals surface area contributed by atoms with Gasteiger partial charge in [-0.05, 0) is 49.2 Å². The highest BCUT2D eigenvalue weighted by atomic mass is 19.4. The lowest BCUT2D eigenvalue weighted by atomic mass is 9.96. The average molecular weight is 464 g/mol. The van der Waals surface area contributed by atoms with Gasteiger partial charge in [0.2, 0.25) is 5.91 Å². The Kier molecular flexibility index (Phi) is 7.75. The van der Waals surface area contributed by atoms with Crippen LogP contribution in [-0.4, -0.2) is 48.8 Å². The number of amides is 4. The Hall–Kier alpha value is -3.76. The molecule has 0 atom stereocenters. The zero-order valence-corrected chi connectivity index (χ0v) is 17.5. The molecule has 33 heavy (non-hydrogen) atoms. The molecule has 11 heteroatoms. The number of benzene rings is 2. The Bertz CT molecular complexity index is 960. The number of carbonyl (C=O) groups is 3. The number of para-hydroxylation sites is 1. The van der Waals surface area contributed by atoms with Gasteiger partial charge in [0.1, 0.15) is 0 Å². The molecule has 176 valence electrons. The first-order valence-corrected chi connectivity index (χ1v) is 10.2. The van der Waals surface area contributed by atoms with Gasteiger partial charge in [0.05, 0.1) is 0 Å². The first-order chi connectivity index (χ1) is 15.7. The van der Waals surface area contributed by atoms with Crippen molar-refractivity contribution in [2.24, 2.45) is 5.92 Å². The highest BCUT2D eigenvalue weighted by Gasteiger charge is 2.33. The molecule has 1 aliphatic heterocycles. The number of nitrogens with one attached hydrogen (secondary N) is 3. The summed E-state index contributed by atoms with van der Waals surface area (Å²) >= 11 is 0. The Balaban J connectivity index is 1.42. The van der Waals surface area contributed by atoms with E-state index >= 15 is 0 Å². The Morgan fingerprint density at radius 1 is 0.848 bits per heavy atom. The van der Waals surface area contributed by atoms with Gasteiger partial charge in [0.15, 0.2) is 6.61 Å². The van der Waals surface area contributed by atoms with E-state index in [0.29, 0.717) is 29.9 Å². The van der Waals surface area contributed by atoms with Crippen molar-refractivity contribution < 1.29 is 32.3 Å². The van der Waals surface area contributed by atoms with Crippen molar-refractivity contribution in [2.45, 2.75) is 19.0 Å². The molecule has 1 saturated heterocycles. The number of nitrogens with zero attached hydrogens (tertiary/aromatic N) is 1. The molecule has 0 radical (unpaired) electrons. The third-order valence-corrected chi connectivity index (χ3v) is 4.93. The SMILES string of the molecule is O=C(Nc1ccccc1)Nc1ccc(NC(=O)C2CCN(C(=O)OCC(F)(F)F)CC2)cc1. The summed E-state index contributed by atoms with van der Waals surface area (Å²) in [6.45, 7) is -1.37. The number of urea groups is 1. The molecule has 0 bridgehead atoms. The number of alkyl halides is 3. The maximum atomic E-state index is 12.5. The van der Waals surface area contributed by atoms with E-state index in [1.54, 1.807) is 48.5 Å². The zero-order chi connectivity index (χ0) is 23.8.